The molecule has 2 atom stereocenters. The van der Waals surface area contributed by atoms with Gasteiger partial charge in [-0.1, -0.05) is 39.0 Å². The first-order valence-electron chi connectivity index (χ1n) is 7.79. The Morgan fingerprint density at radius 3 is 2.52 bits per heavy atom. The number of fused-ring (bicyclic) bond motifs is 1. The Balaban J connectivity index is 2.53. The second-order valence-electron chi connectivity index (χ2n) is 5.67. The van der Waals surface area contributed by atoms with Crippen molar-refractivity contribution in [2.75, 3.05) is 13.1 Å². The van der Waals surface area contributed by atoms with Crippen molar-refractivity contribution >= 4 is 21.4 Å². The fourth-order valence-corrected chi connectivity index (χ4v) is 4.35. The van der Waals surface area contributed by atoms with Gasteiger partial charge in [0, 0.05) is 10.2 Å². The van der Waals surface area contributed by atoms with Crippen LogP contribution >= 0.6 is 11.3 Å². The molecule has 1 heterocycles. The molecule has 0 aliphatic rings. The van der Waals surface area contributed by atoms with Crippen LogP contribution in [0.1, 0.15) is 45.7 Å². The predicted molar refractivity (Wildman–Crippen MR) is 93.5 cm³/mol. The second kappa shape index (κ2) is 6.88. The molecule has 2 unspecified atom stereocenters. The van der Waals surface area contributed by atoms with E-state index in [9.17, 15) is 0 Å². The van der Waals surface area contributed by atoms with Crippen molar-refractivity contribution in [2.45, 2.75) is 45.7 Å². The first kappa shape index (κ1) is 16.4. The van der Waals surface area contributed by atoms with Crippen molar-refractivity contribution in [3.8, 4) is 0 Å². The number of likely N-dealkylation sites (N-methyl/N-ethyl adjacent to an activating group) is 1. The quantitative estimate of drug-likeness (QED) is 0.602. The average molecular weight is 305 g/mol. The van der Waals surface area contributed by atoms with Crippen molar-refractivity contribution in [2.24, 2.45) is 5.84 Å². The smallest absolute Gasteiger partial charge is 0.0655 e. The highest BCUT2D eigenvalue weighted by Crippen LogP contribution is 2.38. The van der Waals surface area contributed by atoms with Crippen LogP contribution in [0.5, 0.6) is 0 Å². The van der Waals surface area contributed by atoms with Crippen LogP contribution in [0.4, 0.5) is 0 Å². The highest BCUT2D eigenvalue weighted by atomic mass is 32.1. The van der Waals surface area contributed by atoms with E-state index in [2.05, 4.69) is 67.7 Å². The molecule has 0 saturated heterocycles. The van der Waals surface area contributed by atoms with E-state index in [0.717, 1.165) is 19.5 Å². The summed E-state index contributed by atoms with van der Waals surface area (Å²) in [6, 6.07) is 8.81. The summed E-state index contributed by atoms with van der Waals surface area (Å²) in [6.45, 7) is 11.1. The van der Waals surface area contributed by atoms with Crippen LogP contribution in [0.15, 0.2) is 29.6 Å². The normalized spacial score (nSPS) is 16.3. The lowest BCUT2D eigenvalue weighted by molar-refractivity contribution is 0.0704. The van der Waals surface area contributed by atoms with E-state index in [1.54, 1.807) is 11.3 Å². The molecule has 3 nitrogen and oxygen atoms in total. The number of hydrogen-bond donors (Lipinski definition) is 2. The molecule has 0 aliphatic heterocycles. The van der Waals surface area contributed by atoms with Gasteiger partial charge in [-0.2, -0.15) is 0 Å². The first-order valence-corrected chi connectivity index (χ1v) is 8.67. The molecule has 0 aliphatic carbocycles. The Morgan fingerprint density at radius 1 is 1.24 bits per heavy atom. The first-order chi connectivity index (χ1) is 10.1. The number of nitrogens with two attached hydrogens (primary N) is 1. The van der Waals surface area contributed by atoms with Crippen LogP contribution < -0.4 is 11.3 Å². The van der Waals surface area contributed by atoms with Crippen molar-refractivity contribution in [3.05, 3.63) is 35.2 Å². The Kier molecular flexibility index (Phi) is 5.38. The van der Waals surface area contributed by atoms with Gasteiger partial charge in [-0.25, -0.2) is 0 Å². The SMILES string of the molecule is CCN(CC)C(C)(CC)C(NN)c1cccc2ccsc12. The molecule has 2 aromatic rings. The number of hydrogen-bond acceptors (Lipinski definition) is 4. The van der Waals surface area contributed by atoms with E-state index in [1.165, 1.54) is 15.6 Å². The summed E-state index contributed by atoms with van der Waals surface area (Å²) < 4.78 is 1.34. The zero-order chi connectivity index (χ0) is 15.5. The largest absolute Gasteiger partial charge is 0.297 e. The molecule has 0 saturated carbocycles. The zero-order valence-corrected chi connectivity index (χ0v) is 14.3. The van der Waals surface area contributed by atoms with Gasteiger partial charge in [-0.3, -0.25) is 16.2 Å². The van der Waals surface area contributed by atoms with Gasteiger partial charge >= 0.3 is 0 Å². The van der Waals surface area contributed by atoms with Crippen molar-refractivity contribution in [3.63, 3.8) is 0 Å². The minimum atomic E-state index is -0.00345. The Hall–Kier alpha value is -0.940. The van der Waals surface area contributed by atoms with Gasteiger partial charge in [-0.05, 0) is 48.8 Å². The number of rotatable bonds is 7. The predicted octanol–water partition coefficient (Wildman–Crippen LogP) is 3.92. The standard InChI is InChI=1S/C17H27N3S/c1-5-17(4,20(6-2)7-3)16(19-18)14-10-8-9-13-11-12-21-15(13)14/h8-12,16,19H,5-7,18H2,1-4H3. The molecule has 0 fully saturated rings. The summed E-state index contributed by atoms with van der Waals surface area (Å²) in [5, 5.41) is 3.46. The van der Waals surface area contributed by atoms with Gasteiger partial charge in [0.15, 0.2) is 0 Å². The highest BCUT2D eigenvalue weighted by molar-refractivity contribution is 7.17. The summed E-state index contributed by atoms with van der Waals surface area (Å²) >= 11 is 1.80. The summed E-state index contributed by atoms with van der Waals surface area (Å²) in [6.07, 6.45) is 1.05. The molecule has 0 amide bonds. The van der Waals surface area contributed by atoms with E-state index in [-0.39, 0.29) is 11.6 Å². The van der Waals surface area contributed by atoms with Crippen LogP contribution in [0.2, 0.25) is 0 Å². The second-order valence-corrected chi connectivity index (χ2v) is 6.59. The number of thiophene rings is 1. The van der Waals surface area contributed by atoms with E-state index < -0.39 is 0 Å². The number of hydrazine groups is 1. The maximum atomic E-state index is 6.00. The van der Waals surface area contributed by atoms with E-state index >= 15 is 0 Å². The maximum absolute atomic E-state index is 6.00. The van der Waals surface area contributed by atoms with Crippen molar-refractivity contribution in [1.29, 1.82) is 0 Å². The molecule has 4 heteroatoms. The Labute approximate surface area is 132 Å². The van der Waals surface area contributed by atoms with E-state index in [1.807, 2.05) is 0 Å². The molecular weight excluding hydrogens is 278 g/mol. The van der Waals surface area contributed by atoms with Crippen molar-refractivity contribution in [1.82, 2.24) is 10.3 Å². The average Bonchev–Trinajstić information content (AvgIpc) is 2.98. The molecular formula is C17H27N3S. The highest BCUT2D eigenvalue weighted by Gasteiger charge is 2.38. The molecule has 3 N–H and O–H groups in total. The number of nitrogens with one attached hydrogen (secondary N) is 1. The molecule has 1 aromatic carbocycles. The van der Waals surface area contributed by atoms with Gasteiger partial charge in [-0.15, -0.1) is 11.3 Å². The summed E-state index contributed by atoms with van der Waals surface area (Å²) in [5.41, 5.74) is 4.41. The summed E-state index contributed by atoms with van der Waals surface area (Å²) in [5.74, 6) is 6.00. The molecule has 2 rings (SSSR count). The van der Waals surface area contributed by atoms with E-state index in [4.69, 9.17) is 5.84 Å². The van der Waals surface area contributed by atoms with Crippen LogP contribution in [-0.2, 0) is 0 Å². The van der Waals surface area contributed by atoms with Gasteiger partial charge in [0.2, 0.25) is 0 Å². The minimum absolute atomic E-state index is 0.00345. The summed E-state index contributed by atoms with van der Waals surface area (Å²) in [4.78, 5) is 2.50. The molecule has 21 heavy (non-hydrogen) atoms. The van der Waals surface area contributed by atoms with Gasteiger partial charge in [0.25, 0.3) is 0 Å². The minimum Gasteiger partial charge on any atom is -0.297 e. The third kappa shape index (κ3) is 2.86. The van der Waals surface area contributed by atoms with Gasteiger partial charge in [0.1, 0.15) is 0 Å². The molecule has 0 bridgehead atoms. The third-order valence-corrected chi connectivity index (χ3v) is 5.79. The van der Waals surface area contributed by atoms with Crippen molar-refractivity contribution < 1.29 is 0 Å². The lowest BCUT2D eigenvalue weighted by Crippen LogP contribution is -2.55. The number of nitrogens with zero attached hydrogens (tertiary/aromatic N) is 1. The van der Waals surface area contributed by atoms with Gasteiger partial charge in [0.05, 0.1) is 6.04 Å². The van der Waals surface area contributed by atoms with Crippen LogP contribution in [0, 0.1) is 0 Å². The Bertz CT molecular complexity index is 576. The van der Waals surface area contributed by atoms with Crippen LogP contribution in [0.3, 0.4) is 0 Å². The van der Waals surface area contributed by atoms with Gasteiger partial charge < -0.3 is 0 Å². The molecule has 0 spiro atoms. The van der Waals surface area contributed by atoms with E-state index in [0.29, 0.717) is 0 Å². The fourth-order valence-electron chi connectivity index (χ4n) is 3.40. The summed E-state index contributed by atoms with van der Waals surface area (Å²) in [7, 11) is 0. The zero-order valence-electron chi connectivity index (χ0n) is 13.5. The molecule has 1 aromatic heterocycles. The monoisotopic (exact) mass is 305 g/mol. The topological polar surface area (TPSA) is 41.3 Å². The maximum Gasteiger partial charge on any atom is 0.0655 e. The Morgan fingerprint density at radius 2 is 1.95 bits per heavy atom. The lowest BCUT2D eigenvalue weighted by atomic mass is 9.83. The fraction of sp³-hybridized carbons (Fsp3) is 0.529. The molecule has 116 valence electrons. The lowest BCUT2D eigenvalue weighted by Gasteiger charge is -2.45. The number of benzene rings is 1. The molecule has 0 radical (unpaired) electrons. The van der Waals surface area contributed by atoms with Crippen LogP contribution in [0.25, 0.3) is 10.1 Å². The third-order valence-electron chi connectivity index (χ3n) is 4.81. The van der Waals surface area contributed by atoms with Crippen LogP contribution in [-0.4, -0.2) is 23.5 Å².